The van der Waals surface area contributed by atoms with Crippen LogP contribution in [0.15, 0.2) is 24.3 Å². The third-order valence-electron chi connectivity index (χ3n) is 2.73. The van der Waals surface area contributed by atoms with Crippen LogP contribution >= 0.6 is 0 Å². The van der Waals surface area contributed by atoms with E-state index in [0.717, 1.165) is 28.3 Å². The van der Waals surface area contributed by atoms with E-state index in [0.29, 0.717) is 6.54 Å². The Kier molecular flexibility index (Phi) is 3.67. The van der Waals surface area contributed by atoms with Crippen molar-refractivity contribution in [3.63, 3.8) is 0 Å². The molecular weight excluding hydrogens is 226 g/mol. The van der Waals surface area contributed by atoms with Crippen LogP contribution in [0.2, 0.25) is 0 Å². The molecule has 0 atom stereocenters. The summed E-state index contributed by atoms with van der Waals surface area (Å²) in [7, 11) is 0. The monoisotopic (exact) mass is 245 g/mol. The molecule has 1 aromatic carbocycles. The molecule has 0 saturated carbocycles. The molecule has 2 rings (SSSR count). The second-order valence-electron chi connectivity index (χ2n) is 4.57. The second-order valence-corrected chi connectivity index (χ2v) is 4.57. The van der Waals surface area contributed by atoms with Gasteiger partial charge in [-0.2, -0.15) is 5.10 Å². The lowest BCUT2D eigenvalue weighted by molar-refractivity contribution is 0.242. The maximum Gasteiger partial charge on any atom is 0.119 e. The van der Waals surface area contributed by atoms with E-state index in [2.05, 4.69) is 10.2 Å². The van der Waals surface area contributed by atoms with Crippen molar-refractivity contribution in [1.29, 1.82) is 0 Å². The standard InChI is InChI=1S/C14H19N3O/c1-9(2)18-12-6-4-11(5-7-12)14-10(3)16-17-13(14)8-15/h4-7,9H,8,15H2,1-3H3,(H,16,17). The first-order chi connectivity index (χ1) is 8.61. The van der Waals surface area contributed by atoms with Crippen LogP contribution < -0.4 is 10.5 Å². The topological polar surface area (TPSA) is 63.9 Å². The highest BCUT2D eigenvalue weighted by Gasteiger charge is 2.11. The number of hydrogen-bond donors (Lipinski definition) is 2. The van der Waals surface area contributed by atoms with E-state index in [1.807, 2.05) is 45.0 Å². The largest absolute Gasteiger partial charge is 0.491 e. The summed E-state index contributed by atoms with van der Waals surface area (Å²) in [5, 5.41) is 7.17. The van der Waals surface area contributed by atoms with Crippen LogP contribution in [0.3, 0.4) is 0 Å². The molecule has 0 aliphatic carbocycles. The fourth-order valence-electron chi connectivity index (χ4n) is 1.98. The zero-order valence-corrected chi connectivity index (χ0v) is 11.0. The molecule has 0 aliphatic heterocycles. The number of aryl methyl sites for hydroxylation is 1. The van der Waals surface area contributed by atoms with Gasteiger partial charge in [-0.25, -0.2) is 0 Å². The molecule has 0 radical (unpaired) electrons. The zero-order valence-electron chi connectivity index (χ0n) is 11.0. The first-order valence-corrected chi connectivity index (χ1v) is 6.12. The van der Waals surface area contributed by atoms with Crippen molar-refractivity contribution in [2.45, 2.75) is 33.4 Å². The highest BCUT2D eigenvalue weighted by Crippen LogP contribution is 2.27. The van der Waals surface area contributed by atoms with Crippen molar-refractivity contribution < 1.29 is 4.74 Å². The first-order valence-electron chi connectivity index (χ1n) is 6.12. The zero-order chi connectivity index (χ0) is 13.1. The van der Waals surface area contributed by atoms with Crippen LogP contribution in [0.4, 0.5) is 0 Å². The molecule has 0 bridgehead atoms. The van der Waals surface area contributed by atoms with Gasteiger partial charge < -0.3 is 10.5 Å². The summed E-state index contributed by atoms with van der Waals surface area (Å²) in [5.74, 6) is 0.879. The quantitative estimate of drug-likeness (QED) is 0.870. The van der Waals surface area contributed by atoms with E-state index in [9.17, 15) is 0 Å². The third-order valence-corrected chi connectivity index (χ3v) is 2.73. The van der Waals surface area contributed by atoms with Crippen molar-refractivity contribution in [2.24, 2.45) is 5.73 Å². The lowest BCUT2D eigenvalue weighted by atomic mass is 10.0. The fraction of sp³-hybridized carbons (Fsp3) is 0.357. The van der Waals surface area contributed by atoms with Crippen molar-refractivity contribution in [1.82, 2.24) is 10.2 Å². The molecule has 0 fully saturated rings. The minimum absolute atomic E-state index is 0.186. The average Bonchev–Trinajstić information content (AvgIpc) is 2.71. The Morgan fingerprint density at radius 3 is 2.50 bits per heavy atom. The number of ether oxygens (including phenoxy) is 1. The van der Waals surface area contributed by atoms with Gasteiger partial charge in [0.25, 0.3) is 0 Å². The van der Waals surface area contributed by atoms with Crippen LogP contribution in [-0.4, -0.2) is 16.3 Å². The highest BCUT2D eigenvalue weighted by molar-refractivity contribution is 5.69. The Labute approximate surface area is 107 Å². The normalized spacial score (nSPS) is 10.9. The van der Waals surface area contributed by atoms with Crippen molar-refractivity contribution in [2.75, 3.05) is 0 Å². The lowest BCUT2D eigenvalue weighted by Gasteiger charge is -2.10. The molecule has 18 heavy (non-hydrogen) atoms. The van der Waals surface area contributed by atoms with Crippen molar-refractivity contribution in [3.8, 4) is 16.9 Å². The summed E-state index contributed by atoms with van der Waals surface area (Å²) in [5.41, 5.74) is 9.82. The smallest absolute Gasteiger partial charge is 0.119 e. The fourth-order valence-corrected chi connectivity index (χ4v) is 1.98. The summed E-state index contributed by atoms with van der Waals surface area (Å²) in [6.07, 6.45) is 0.186. The number of nitrogens with two attached hydrogens (primary N) is 1. The van der Waals surface area contributed by atoms with Gasteiger partial charge in [0.1, 0.15) is 5.75 Å². The molecule has 0 spiro atoms. The average molecular weight is 245 g/mol. The molecule has 96 valence electrons. The summed E-state index contributed by atoms with van der Waals surface area (Å²) in [6.45, 7) is 6.46. The van der Waals surface area contributed by atoms with Crippen LogP contribution in [0.5, 0.6) is 5.75 Å². The van der Waals surface area contributed by atoms with E-state index in [-0.39, 0.29) is 6.10 Å². The molecule has 4 nitrogen and oxygen atoms in total. The molecule has 1 aromatic heterocycles. The molecule has 0 aliphatic rings. The molecule has 2 aromatic rings. The van der Waals surface area contributed by atoms with E-state index in [1.54, 1.807) is 0 Å². The third kappa shape index (κ3) is 2.54. The van der Waals surface area contributed by atoms with E-state index in [1.165, 1.54) is 0 Å². The van der Waals surface area contributed by atoms with E-state index < -0.39 is 0 Å². The molecular formula is C14H19N3O. The van der Waals surface area contributed by atoms with Gasteiger partial charge in [-0.15, -0.1) is 0 Å². The minimum atomic E-state index is 0.186. The Morgan fingerprint density at radius 2 is 1.94 bits per heavy atom. The van der Waals surface area contributed by atoms with Gasteiger partial charge in [0.05, 0.1) is 11.8 Å². The van der Waals surface area contributed by atoms with Gasteiger partial charge in [0.15, 0.2) is 0 Å². The molecule has 0 saturated heterocycles. The summed E-state index contributed by atoms with van der Waals surface area (Å²) >= 11 is 0. The van der Waals surface area contributed by atoms with Crippen molar-refractivity contribution >= 4 is 0 Å². The SMILES string of the molecule is Cc1[nH]nc(CN)c1-c1ccc(OC(C)C)cc1. The lowest BCUT2D eigenvalue weighted by Crippen LogP contribution is -2.05. The predicted molar refractivity (Wildman–Crippen MR) is 72.4 cm³/mol. The maximum atomic E-state index is 5.69. The van der Waals surface area contributed by atoms with Gasteiger partial charge in [-0.3, -0.25) is 5.10 Å². The second kappa shape index (κ2) is 5.23. The Morgan fingerprint density at radius 1 is 1.28 bits per heavy atom. The molecule has 3 N–H and O–H groups in total. The van der Waals surface area contributed by atoms with Crippen LogP contribution in [-0.2, 0) is 6.54 Å². The van der Waals surface area contributed by atoms with Crippen LogP contribution in [0, 0.1) is 6.92 Å². The number of rotatable bonds is 4. The van der Waals surface area contributed by atoms with Gasteiger partial charge >= 0.3 is 0 Å². The number of benzene rings is 1. The van der Waals surface area contributed by atoms with Gasteiger partial charge in [0.2, 0.25) is 0 Å². The van der Waals surface area contributed by atoms with Gasteiger partial charge in [-0.05, 0) is 38.5 Å². The highest BCUT2D eigenvalue weighted by atomic mass is 16.5. The van der Waals surface area contributed by atoms with E-state index in [4.69, 9.17) is 10.5 Å². The number of aromatic nitrogens is 2. The summed E-state index contributed by atoms with van der Waals surface area (Å²) in [4.78, 5) is 0. The predicted octanol–water partition coefficient (Wildman–Crippen LogP) is 2.63. The Hall–Kier alpha value is -1.81. The molecule has 0 amide bonds. The van der Waals surface area contributed by atoms with Crippen molar-refractivity contribution in [3.05, 3.63) is 35.7 Å². The first kappa shape index (κ1) is 12.6. The number of nitrogens with one attached hydrogen (secondary N) is 1. The van der Waals surface area contributed by atoms with E-state index >= 15 is 0 Å². The number of H-pyrrole nitrogens is 1. The number of hydrogen-bond acceptors (Lipinski definition) is 3. The number of nitrogens with zero attached hydrogens (tertiary/aromatic N) is 1. The molecule has 4 heteroatoms. The van der Waals surface area contributed by atoms with Gasteiger partial charge in [-0.1, -0.05) is 12.1 Å². The van der Waals surface area contributed by atoms with Gasteiger partial charge in [0, 0.05) is 17.8 Å². The Bertz CT molecular complexity index is 514. The minimum Gasteiger partial charge on any atom is -0.491 e. The molecule has 1 heterocycles. The Balaban J connectivity index is 2.31. The summed E-state index contributed by atoms with van der Waals surface area (Å²) in [6, 6.07) is 8.02. The molecule has 0 unspecified atom stereocenters. The maximum absolute atomic E-state index is 5.69. The number of aromatic amines is 1. The summed E-state index contributed by atoms with van der Waals surface area (Å²) < 4.78 is 5.63. The van der Waals surface area contributed by atoms with Crippen LogP contribution in [0.25, 0.3) is 11.1 Å². The van der Waals surface area contributed by atoms with Crippen LogP contribution in [0.1, 0.15) is 25.2 Å².